The summed E-state index contributed by atoms with van der Waals surface area (Å²) in [5, 5.41) is 2.98. The molecule has 0 aromatic carbocycles. The Morgan fingerprint density at radius 2 is 2.19 bits per heavy atom. The minimum absolute atomic E-state index is 0.0946. The minimum Gasteiger partial charge on any atom is -0.472 e. The van der Waals surface area contributed by atoms with E-state index in [-0.39, 0.29) is 11.9 Å². The maximum atomic E-state index is 13.1. The van der Waals surface area contributed by atoms with Crippen LogP contribution in [0.4, 0.5) is 5.13 Å². The molecule has 0 saturated heterocycles. The van der Waals surface area contributed by atoms with Crippen LogP contribution < -0.4 is 4.90 Å². The molecule has 0 atom stereocenters. The van der Waals surface area contributed by atoms with Crippen molar-refractivity contribution < 1.29 is 18.7 Å². The molecule has 27 heavy (non-hydrogen) atoms. The van der Waals surface area contributed by atoms with Crippen LogP contribution in [-0.2, 0) is 4.74 Å². The minimum atomic E-state index is -0.405. The molecular formula is C18H17N3O4S2. The van der Waals surface area contributed by atoms with Crippen molar-refractivity contribution in [3.8, 4) is 10.6 Å². The van der Waals surface area contributed by atoms with E-state index in [9.17, 15) is 9.59 Å². The van der Waals surface area contributed by atoms with Crippen molar-refractivity contribution in [2.75, 3.05) is 11.5 Å². The van der Waals surface area contributed by atoms with Crippen LogP contribution in [-0.4, -0.2) is 34.5 Å². The SMILES string of the molecule is CCOC(=O)c1sc(N(C(=O)c2csc(-c3ccoc3)n2)C2CC2)nc1C. The van der Waals surface area contributed by atoms with Crippen LogP contribution in [0.1, 0.15) is 45.6 Å². The zero-order valence-electron chi connectivity index (χ0n) is 14.8. The first-order chi connectivity index (χ1) is 13.1. The van der Waals surface area contributed by atoms with Crippen molar-refractivity contribution in [2.24, 2.45) is 0 Å². The number of carbonyl (C=O) groups excluding carboxylic acids is 2. The molecule has 7 nitrogen and oxygen atoms in total. The third-order valence-corrected chi connectivity index (χ3v) is 6.10. The maximum Gasteiger partial charge on any atom is 0.350 e. The monoisotopic (exact) mass is 403 g/mol. The molecule has 0 aliphatic heterocycles. The van der Waals surface area contributed by atoms with E-state index in [1.165, 1.54) is 22.7 Å². The highest BCUT2D eigenvalue weighted by Gasteiger charge is 2.38. The lowest BCUT2D eigenvalue weighted by molar-refractivity contribution is 0.0531. The summed E-state index contributed by atoms with van der Waals surface area (Å²) in [7, 11) is 0. The van der Waals surface area contributed by atoms with Gasteiger partial charge in [0.25, 0.3) is 5.91 Å². The summed E-state index contributed by atoms with van der Waals surface area (Å²) >= 11 is 2.58. The molecule has 0 bridgehead atoms. The number of amides is 1. The number of aromatic nitrogens is 2. The van der Waals surface area contributed by atoms with E-state index in [0.29, 0.717) is 28.0 Å². The number of hydrogen-bond acceptors (Lipinski definition) is 8. The first-order valence-electron chi connectivity index (χ1n) is 8.54. The lowest BCUT2D eigenvalue weighted by atomic mass is 10.3. The van der Waals surface area contributed by atoms with Crippen LogP contribution in [0.5, 0.6) is 0 Å². The van der Waals surface area contributed by atoms with Crippen molar-refractivity contribution in [3.05, 3.63) is 40.2 Å². The lowest BCUT2D eigenvalue weighted by Crippen LogP contribution is -2.33. The Morgan fingerprint density at radius 3 is 2.85 bits per heavy atom. The summed E-state index contributed by atoms with van der Waals surface area (Å²) in [5.74, 6) is -0.606. The van der Waals surface area contributed by atoms with E-state index >= 15 is 0 Å². The van der Waals surface area contributed by atoms with Crippen LogP contribution in [0.2, 0.25) is 0 Å². The summed E-state index contributed by atoms with van der Waals surface area (Å²) in [6, 6.07) is 1.90. The standard InChI is InChI=1S/C18H17N3O4S2/c1-3-25-17(23)14-10(2)19-18(27-14)21(12-4-5-12)16(22)13-9-26-15(20-13)11-6-7-24-8-11/h6-9,12H,3-5H2,1-2H3. The predicted molar refractivity (Wildman–Crippen MR) is 102 cm³/mol. The van der Waals surface area contributed by atoms with Gasteiger partial charge in [0.05, 0.1) is 18.6 Å². The predicted octanol–water partition coefficient (Wildman–Crippen LogP) is 4.15. The third-order valence-electron chi connectivity index (χ3n) is 4.07. The van der Waals surface area contributed by atoms with E-state index < -0.39 is 5.97 Å². The van der Waals surface area contributed by atoms with E-state index in [2.05, 4.69) is 9.97 Å². The van der Waals surface area contributed by atoms with E-state index in [4.69, 9.17) is 9.15 Å². The molecule has 0 radical (unpaired) electrons. The Kier molecular flexibility index (Phi) is 4.79. The van der Waals surface area contributed by atoms with E-state index in [1.807, 2.05) is 6.07 Å². The van der Waals surface area contributed by atoms with Gasteiger partial charge in [-0.05, 0) is 32.8 Å². The second-order valence-electron chi connectivity index (χ2n) is 6.09. The largest absolute Gasteiger partial charge is 0.472 e. The number of nitrogens with zero attached hydrogens (tertiary/aromatic N) is 3. The van der Waals surface area contributed by atoms with Crippen LogP contribution >= 0.6 is 22.7 Å². The smallest absolute Gasteiger partial charge is 0.350 e. The summed E-state index contributed by atoms with van der Waals surface area (Å²) in [6.45, 7) is 3.81. The topological polar surface area (TPSA) is 85.5 Å². The van der Waals surface area contributed by atoms with Gasteiger partial charge in [0, 0.05) is 17.0 Å². The zero-order chi connectivity index (χ0) is 19.0. The molecule has 140 valence electrons. The van der Waals surface area contributed by atoms with Crippen molar-refractivity contribution in [1.29, 1.82) is 0 Å². The normalized spacial score (nSPS) is 13.6. The summed E-state index contributed by atoms with van der Waals surface area (Å²) in [4.78, 5) is 36.2. The Hall–Kier alpha value is -2.52. The molecule has 1 amide bonds. The molecule has 0 N–H and O–H groups in total. The Morgan fingerprint density at radius 1 is 1.37 bits per heavy atom. The highest BCUT2D eigenvalue weighted by atomic mass is 32.1. The summed E-state index contributed by atoms with van der Waals surface area (Å²) in [5.41, 5.74) is 1.78. The fourth-order valence-corrected chi connectivity index (χ4v) is 4.44. The number of rotatable bonds is 6. The molecule has 0 spiro atoms. The average Bonchev–Trinajstić information content (AvgIpc) is 3.07. The fraction of sp³-hybridized carbons (Fsp3) is 0.333. The molecular weight excluding hydrogens is 386 g/mol. The van der Waals surface area contributed by atoms with Gasteiger partial charge in [0.2, 0.25) is 0 Å². The van der Waals surface area contributed by atoms with E-state index in [1.54, 1.807) is 36.7 Å². The number of hydrogen-bond donors (Lipinski definition) is 0. The molecule has 4 rings (SSSR count). The zero-order valence-corrected chi connectivity index (χ0v) is 16.4. The first kappa shape index (κ1) is 17.9. The second-order valence-corrected chi connectivity index (χ2v) is 7.92. The van der Waals surface area contributed by atoms with Crippen molar-refractivity contribution in [2.45, 2.75) is 32.7 Å². The maximum absolute atomic E-state index is 13.1. The molecule has 0 unspecified atom stereocenters. The molecule has 9 heteroatoms. The molecule has 1 aliphatic carbocycles. The number of aryl methyl sites for hydroxylation is 1. The lowest BCUT2D eigenvalue weighted by Gasteiger charge is -2.17. The summed E-state index contributed by atoms with van der Waals surface area (Å²) < 4.78 is 10.2. The summed E-state index contributed by atoms with van der Waals surface area (Å²) in [6.07, 6.45) is 5.00. The number of thiazole rings is 2. The van der Waals surface area contributed by atoms with Crippen LogP contribution in [0.15, 0.2) is 28.4 Å². The fourth-order valence-electron chi connectivity index (χ4n) is 2.63. The number of furan rings is 1. The second kappa shape index (κ2) is 7.24. The molecule has 1 fully saturated rings. The average molecular weight is 403 g/mol. The molecule has 1 aliphatic rings. The van der Waals surface area contributed by atoms with Gasteiger partial charge in [0.1, 0.15) is 21.8 Å². The molecule has 3 aromatic rings. The number of ether oxygens (including phenoxy) is 1. The first-order valence-corrected chi connectivity index (χ1v) is 10.2. The highest BCUT2D eigenvalue weighted by Crippen LogP contribution is 2.37. The quantitative estimate of drug-likeness (QED) is 0.575. The van der Waals surface area contributed by atoms with E-state index in [0.717, 1.165) is 23.4 Å². The van der Waals surface area contributed by atoms with Gasteiger partial charge >= 0.3 is 5.97 Å². The van der Waals surface area contributed by atoms with Gasteiger partial charge in [-0.25, -0.2) is 14.8 Å². The van der Waals surface area contributed by atoms with Gasteiger partial charge in [0.15, 0.2) is 5.13 Å². The third kappa shape index (κ3) is 3.52. The molecule has 1 saturated carbocycles. The van der Waals surface area contributed by atoms with Crippen LogP contribution in [0, 0.1) is 6.92 Å². The molecule has 3 heterocycles. The Balaban J connectivity index is 1.63. The number of esters is 1. The van der Waals surface area contributed by atoms with Gasteiger partial charge in [-0.15, -0.1) is 11.3 Å². The van der Waals surface area contributed by atoms with Crippen molar-refractivity contribution >= 4 is 39.7 Å². The molecule has 3 aromatic heterocycles. The van der Waals surface area contributed by atoms with Gasteiger partial charge in [-0.3, -0.25) is 9.69 Å². The van der Waals surface area contributed by atoms with Gasteiger partial charge in [-0.1, -0.05) is 11.3 Å². The van der Waals surface area contributed by atoms with Crippen molar-refractivity contribution in [3.63, 3.8) is 0 Å². The van der Waals surface area contributed by atoms with Crippen LogP contribution in [0.3, 0.4) is 0 Å². The van der Waals surface area contributed by atoms with Crippen LogP contribution in [0.25, 0.3) is 10.6 Å². The van der Waals surface area contributed by atoms with Crippen molar-refractivity contribution in [1.82, 2.24) is 9.97 Å². The van der Waals surface area contributed by atoms with Gasteiger partial charge in [-0.2, -0.15) is 0 Å². The highest BCUT2D eigenvalue weighted by molar-refractivity contribution is 7.17. The number of carbonyl (C=O) groups is 2. The number of anilines is 1. The Bertz CT molecular complexity index is 973. The van der Waals surface area contributed by atoms with Gasteiger partial charge < -0.3 is 9.15 Å². The Labute approximate surface area is 163 Å².